The van der Waals surface area contributed by atoms with Gasteiger partial charge in [-0.25, -0.2) is 0 Å². The van der Waals surface area contributed by atoms with E-state index in [1.807, 2.05) is 0 Å². The van der Waals surface area contributed by atoms with Crippen LogP contribution in [-0.2, 0) is 29.1 Å². The Bertz CT molecular complexity index is 124. The van der Waals surface area contributed by atoms with Crippen molar-refractivity contribution in [3.05, 3.63) is 12.2 Å². The third-order valence-corrected chi connectivity index (χ3v) is 0.355. The first kappa shape index (κ1) is 11.1. The van der Waals surface area contributed by atoms with Crippen LogP contribution in [0, 0.1) is 0 Å². The molecule has 0 rings (SSSR count). The van der Waals surface area contributed by atoms with Crippen LogP contribution in [0.1, 0.15) is 0 Å². The molecule has 0 amide bonds. The zero-order valence-electron chi connectivity index (χ0n) is 4.49. The number of hydrogen-bond acceptors (Lipinski definition) is 4. The Morgan fingerprint density at radius 3 is 1.33 bits per heavy atom. The smallest absolute Gasteiger partial charge is 0.545 e. The van der Waals surface area contributed by atoms with Crippen LogP contribution < -0.4 is 10.2 Å². The molecule has 0 aromatic carbocycles. The van der Waals surface area contributed by atoms with E-state index >= 15 is 0 Å². The molecule has 0 fully saturated rings. The van der Waals surface area contributed by atoms with Crippen molar-refractivity contribution in [2.24, 2.45) is 0 Å². The van der Waals surface area contributed by atoms with Crippen LogP contribution >= 0.6 is 0 Å². The van der Waals surface area contributed by atoms with E-state index in [9.17, 15) is 19.8 Å². The summed E-state index contributed by atoms with van der Waals surface area (Å²) in [6, 6.07) is 0. The molecule has 9 heavy (non-hydrogen) atoms. The fraction of sp³-hybridized carbons (Fsp3) is 0. The molecule has 0 unspecified atom stereocenters. The van der Waals surface area contributed by atoms with Crippen LogP contribution in [0.5, 0.6) is 0 Å². The van der Waals surface area contributed by atoms with Gasteiger partial charge in [-0.2, -0.15) is 0 Å². The number of carbonyl (C=O) groups excluding carboxylic acids is 2. The summed E-state index contributed by atoms with van der Waals surface area (Å²) in [5.74, 6) is -3.09. The number of aliphatic carboxylic acids is 2. The van der Waals surface area contributed by atoms with Crippen LogP contribution in [-0.4, -0.2) is 11.9 Å². The average molecular weight is 179 g/mol. The molecular weight excluding hydrogens is 177 g/mol. The Balaban J connectivity index is 0. The predicted molar refractivity (Wildman–Crippen MR) is 19.2 cm³/mol. The molecule has 44 valence electrons. The first-order valence-corrected chi connectivity index (χ1v) is 1.73. The number of carbonyl (C=O) groups is 2. The molecule has 4 nitrogen and oxygen atoms in total. The van der Waals surface area contributed by atoms with Gasteiger partial charge in [0.1, 0.15) is 0 Å². The van der Waals surface area contributed by atoms with Crippen molar-refractivity contribution >= 4 is 11.9 Å². The van der Waals surface area contributed by atoms with E-state index in [1.54, 1.807) is 0 Å². The summed E-state index contributed by atoms with van der Waals surface area (Å²) >= 11 is 0. The van der Waals surface area contributed by atoms with E-state index in [2.05, 4.69) is 0 Å². The van der Waals surface area contributed by atoms with Crippen molar-refractivity contribution in [1.29, 1.82) is 0 Å². The molecule has 0 atom stereocenters. The molecule has 0 saturated carbocycles. The maximum Gasteiger partial charge on any atom is 2.00 e. The summed E-state index contributed by atoms with van der Waals surface area (Å²) in [5, 5.41) is 18.8. The summed E-state index contributed by atoms with van der Waals surface area (Å²) in [5.41, 5.74) is 0. The molecule has 0 heterocycles. The molecular formula is C4H2O4Zn. The third kappa shape index (κ3) is 11.1. The fourth-order valence-electron chi connectivity index (χ4n) is 0.136. The van der Waals surface area contributed by atoms with Gasteiger partial charge in [-0.15, -0.1) is 0 Å². The van der Waals surface area contributed by atoms with Crippen LogP contribution in [0.25, 0.3) is 0 Å². The standard InChI is InChI=1S/C4H4O4.Zn/c5-3(6)1-2-4(7)8;/h1-2H,(H,5,6)(H,7,8);/q;+2/p-2/b2-1-;. The molecule has 0 N–H and O–H groups in total. The minimum Gasteiger partial charge on any atom is -0.545 e. The van der Waals surface area contributed by atoms with Crippen molar-refractivity contribution < 1.29 is 39.3 Å². The molecule has 0 aliphatic carbocycles. The van der Waals surface area contributed by atoms with Crippen LogP contribution in [0.2, 0.25) is 0 Å². The minimum absolute atomic E-state index is 0. The first-order valence-electron chi connectivity index (χ1n) is 1.73. The van der Waals surface area contributed by atoms with E-state index in [0.29, 0.717) is 12.2 Å². The predicted octanol–water partition coefficient (Wildman–Crippen LogP) is -2.96. The first-order chi connectivity index (χ1) is 3.63. The summed E-state index contributed by atoms with van der Waals surface area (Å²) in [7, 11) is 0. The molecule has 0 aromatic rings. The second-order valence-electron chi connectivity index (χ2n) is 0.971. The van der Waals surface area contributed by atoms with E-state index < -0.39 is 11.9 Å². The van der Waals surface area contributed by atoms with Gasteiger partial charge < -0.3 is 19.8 Å². The molecule has 0 bridgehead atoms. The van der Waals surface area contributed by atoms with E-state index in [1.165, 1.54) is 0 Å². The maximum atomic E-state index is 9.41. The Hall–Kier alpha value is -0.697. The number of carboxylic acid groups (broad SMARTS) is 2. The third-order valence-electron chi connectivity index (χ3n) is 0.355. The number of rotatable bonds is 2. The number of carboxylic acids is 2. The zero-order valence-corrected chi connectivity index (χ0v) is 7.46. The SMILES string of the molecule is O=C([O-])/C=C\C(=O)[O-].[Zn+2]. The zero-order chi connectivity index (χ0) is 6.57. The van der Waals surface area contributed by atoms with Gasteiger partial charge >= 0.3 is 19.5 Å². The van der Waals surface area contributed by atoms with E-state index in [-0.39, 0.29) is 19.5 Å². The molecule has 0 spiro atoms. The molecule has 0 radical (unpaired) electrons. The van der Waals surface area contributed by atoms with Crippen molar-refractivity contribution in [3.63, 3.8) is 0 Å². The van der Waals surface area contributed by atoms with Crippen LogP contribution in [0.15, 0.2) is 12.2 Å². The Morgan fingerprint density at radius 1 is 1.00 bits per heavy atom. The summed E-state index contributed by atoms with van der Waals surface area (Å²) < 4.78 is 0. The Labute approximate surface area is 63.9 Å². The van der Waals surface area contributed by atoms with Crippen LogP contribution in [0.4, 0.5) is 0 Å². The van der Waals surface area contributed by atoms with Crippen LogP contribution in [0.3, 0.4) is 0 Å². The van der Waals surface area contributed by atoms with Gasteiger partial charge in [0.15, 0.2) is 0 Å². The van der Waals surface area contributed by atoms with Crippen molar-refractivity contribution in [2.45, 2.75) is 0 Å². The van der Waals surface area contributed by atoms with E-state index in [0.717, 1.165) is 0 Å². The topological polar surface area (TPSA) is 80.3 Å². The summed E-state index contributed by atoms with van der Waals surface area (Å²) in [6.07, 6.45) is 0.769. The summed E-state index contributed by atoms with van der Waals surface area (Å²) in [4.78, 5) is 18.8. The van der Waals surface area contributed by atoms with Gasteiger partial charge in [-0.05, 0) is 12.2 Å². The minimum atomic E-state index is -1.55. The number of hydrogen-bond donors (Lipinski definition) is 0. The van der Waals surface area contributed by atoms with Gasteiger partial charge in [0.2, 0.25) is 0 Å². The van der Waals surface area contributed by atoms with E-state index in [4.69, 9.17) is 0 Å². The fourth-order valence-corrected chi connectivity index (χ4v) is 0.136. The summed E-state index contributed by atoms with van der Waals surface area (Å²) in [6.45, 7) is 0. The largest absolute Gasteiger partial charge is 2.00 e. The molecule has 0 aliphatic heterocycles. The second-order valence-corrected chi connectivity index (χ2v) is 0.971. The van der Waals surface area contributed by atoms with Gasteiger partial charge in [-0.1, -0.05) is 0 Å². The van der Waals surface area contributed by atoms with Gasteiger partial charge in [0.25, 0.3) is 0 Å². The Morgan fingerprint density at radius 2 is 1.22 bits per heavy atom. The van der Waals surface area contributed by atoms with Crippen molar-refractivity contribution in [1.82, 2.24) is 0 Å². The van der Waals surface area contributed by atoms with Crippen molar-refractivity contribution in [3.8, 4) is 0 Å². The Kier molecular flexibility index (Phi) is 6.74. The molecule has 0 aliphatic rings. The van der Waals surface area contributed by atoms with Crippen molar-refractivity contribution in [2.75, 3.05) is 0 Å². The molecule has 0 saturated heterocycles. The second kappa shape index (κ2) is 5.44. The molecule has 5 heteroatoms. The quantitative estimate of drug-likeness (QED) is 0.335. The normalized spacial score (nSPS) is 8.44. The van der Waals surface area contributed by atoms with Gasteiger partial charge in [0.05, 0.1) is 11.9 Å². The van der Waals surface area contributed by atoms with Gasteiger partial charge in [-0.3, -0.25) is 0 Å². The maximum absolute atomic E-state index is 9.41. The average Bonchev–Trinajstić information content (AvgIpc) is 1.61. The molecule has 0 aromatic heterocycles. The monoisotopic (exact) mass is 178 g/mol. The van der Waals surface area contributed by atoms with Gasteiger partial charge in [0, 0.05) is 0 Å².